The van der Waals surface area contributed by atoms with E-state index in [0.717, 1.165) is 28.2 Å². The molecule has 3 aromatic carbocycles. The average molecular weight is 694 g/mol. The first-order valence-electron chi connectivity index (χ1n) is 15.4. The van der Waals surface area contributed by atoms with E-state index in [4.69, 9.17) is 11.3 Å². The van der Waals surface area contributed by atoms with Crippen LogP contribution in [0.1, 0.15) is 57.0 Å². The van der Waals surface area contributed by atoms with Gasteiger partial charge in [-0.05, 0) is 47.8 Å². The number of nitrogens with zero attached hydrogens (tertiary/aromatic N) is 2. The Balaban J connectivity index is 0.000000207. The summed E-state index contributed by atoms with van der Waals surface area (Å²) in [7, 11) is 0. The third kappa shape index (κ3) is 6.71. The Labute approximate surface area is 251 Å². The maximum atomic E-state index is 8.20. The zero-order valence-corrected chi connectivity index (χ0v) is 24.3. The van der Waals surface area contributed by atoms with Crippen molar-refractivity contribution in [3.05, 3.63) is 121 Å². The topological polar surface area (TPSA) is 38.9 Å². The summed E-state index contributed by atoms with van der Waals surface area (Å²) >= 11 is 0. The Kier molecular flexibility index (Phi) is 7.68. The van der Waals surface area contributed by atoms with Gasteiger partial charge in [0, 0.05) is 42.0 Å². The third-order valence-electron chi connectivity index (χ3n) is 6.54. The van der Waals surface area contributed by atoms with Crippen LogP contribution >= 0.6 is 0 Å². The maximum absolute atomic E-state index is 8.20. The Morgan fingerprint density at radius 2 is 1.74 bits per heavy atom. The van der Waals surface area contributed by atoms with E-state index in [-0.39, 0.29) is 43.4 Å². The van der Waals surface area contributed by atoms with Crippen LogP contribution in [0.4, 0.5) is 0 Å². The minimum Gasteiger partial charge on any atom is -0.501 e. The minimum atomic E-state index is -2.48. The molecule has 0 N–H and O–H groups in total. The molecule has 1 atom stereocenters. The number of unbranched alkanes of at least 4 members (excludes halogenated alkanes) is 1. The maximum Gasteiger partial charge on any atom is 0.120 e. The molecule has 3 aromatic heterocycles. The first-order chi connectivity index (χ1) is 20.7. The van der Waals surface area contributed by atoms with E-state index >= 15 is 0 Å². The molecular formula is C35H32IrN2O-2. The second-order valence-electron chi connectivity index (χ2n) is 9.26. The molecule has 0 aliphatic heterocycles. The molecule has 6 aromatic rings. The Morgan fingerprint density at radius 1 is 0.897 bits per heavy atom. The van der Waals surface area contributed by atoms with Gasteiger partial charge in [-0.2, -0.15) is 0 Å². The van der Waals surface area contributed by atoms with Crippen LogP contribution in [0.3, 0.4) is 0 Å². The first kappa shape index (κ1) is 22.2. The van der Waals surface area contributed by atoms with Crippen LogP contribution in [0.5, 0.6) is 0 Å². The van der Waals surface area contributed by atoms with E-state index in [2.05, 4.69) is 48.1 Å². The van der Waals surface area contributed by atoms with Gasteiger partial charge in [0.1, 0.15) is 5.58 Å². The fourth-order valence-corrected chi connectivity index (χ4v) is 4.40. The fourth-order valence-electron chi connectivity index (χ4n) is 4.40. The Morgan fingerprint density at radius 3 is 2.51 bits per heavy atom. The zero-order chi connectivity index (χ0) is 30.6. The van der Waals surface area contributed by atoms with Crippen LogP contribution in [0.25, 0.3) is 44.5 Å². The minimum absolute atomic E-state index is 0. The summed E-state index contributed by atoms with van der Waals surface area (Å²) in [5, 5.41) is 1.79. The van der Waals surface area contributed by atoms with Gasteiger partial charge in [0.05, 0.1) is 8.32 Å². The summed E-state index contributed by atoms with van der Waals surface area (Å²) in [5.74, 6) is 0.603. The van der Waals surface area contributed by atoms with E-state index in [0.29, 0.717) is 22.6 Å². The molecule has 0 amide bonds. The summed E-state index contributed by atoms with van der Waals surface area (Å²) in [6.45, 7) is 2.04. The van der Waals surface area contributed by atoms with Crippen molar-refractivity contribution in [2.24, 2.45) is 0 Å². The largest absolute Gasteiger partial charge is 0.501 e. The van der Waals surface area contributed by atoms with Gasteiger partial charge in [0.25, 0.3) is 0 Å². The molecule has 6 rings (SSSR count). The number of benzene rings is 3. The van der Waals surface area contributed by atoms with Crippen molar-refractivity contribution in [3.8, 4) is 22.5 Å². The van der Waals surface area contributed by atoms with E-state index in [9.17, 15) is 0 Å². The molecule has 199 valence electrons. The van der Waals surface area contributed by atoms with E-state index in [1.807, 2.05) is 60.8 Å². The molecule has 39 heavy (non-hydrogen) atoms. The second-order valence-corrected chi connectivity index (χ2v) is 9.26. The molecule has 0 saturated carbocycles. The van der Waals surface area contributed by atoms with E-state index < -0.39 is 6.85 Å². The molecule has 0 fully saturated rings. The normalized spacial score (nSPS) is 13.6. The number of para-hydroxylation sites is 1. The number of pyridine rings is 2. The van der Waals surface area contributed by atoms with Gasteiger partial charge >= 0.3 is 0 Å². The number of rotatable bonds is 6. The SMILES string of the molecule is CCCCC(C)c1ccc(-c2[c-]cccc2)nc1.[2H]c1c(C([2H])([2H])[2H])cnc(-c2[c-]ccc3c2oc2ccccc23)c1[2H].[Ir]. The van der Waals surface area contributed by atoms with Crippen molar-refractivity contribution in [2.45, 2.75) is 45.9 Å². The van der Waals surface area contributed by atoms with Crippen LogP contribution in [0.15, 0.2) is 102 Å². The average Bonchev–Trinajstić information content (AvgIpc) is 3.40. The van der Waals surface area contributed by atoms with Crippen molar-refractivity contribution in [1.82, 2.24) is 9.97 Å². The molecule has 3 nitrogen and oxygen atoms in total. The number of hydrogen-bond donors (Lipinski definition) is 0. The van der Waals surface area contributed by atoms with Gasteiger partial charge in [-0.25, -0.2) is 0 Å². The van der Waals surface area contributed by atoms with Gasteiger partial charge in [-0.3, -0.25) is 0 Å². The fraction of sp³-hybridized carbons (Fsp3) is 0.200. The summed E-state index contributed by atoms with van der Waals surface area (Å²) in [6.07, 6.45) is 6.94. The molecule has 1 radical (unpaired) electrons. The number of aromatic nitrogens is 2. The van der Waals surface area contributed by atoms with Crippen molar-refractivity contribution in [3.63, 3.8) is 0 Å². The standard InChI is InChI=1S/C18H12NO.C17H20N.Ir/c1-12-9-10-16(19-11-12)15-7-4-6-14-13-5-2-3-8-17(13)20-18(14)15;1-3-4-8-14(2)16-11-12-17(18-13-16)15-9-6-5-7-10-15;/h2-6,8-11H,1H3;5-7,9,11-14H,3-4,8H2,1-2H3;/q2*-1;/i1D3,9D,10D;;. The Bertz CT molecular complexity index is 1840. The monoisotopic (exact) mass is 694 g/mol. The van der Waals surface area contributed by atoms with Crippen molar-refractivity contribution in [2.75, 3.05) is 0 Å². The summed E-state index contributed by atoms with van der Waals surface area (Å²) < 4.78 is 44.5. The molecule has 0 spiro atoms. The number of hydrogen-bond acceptors (Lipinski definition) is 3. The van der Waals surface area contributed by atoms with Gasteiger partial charge in [0.2, 0.25) is 0 Å². The summed E-state index contributed by atoms with van der Waals surface area (Å²) in [5.41, 5.74) is 5.02. The number of furan rings is 1. The molecule has 0 aliphatic rings. The quantitative estimate of drug-likeness (QED) is 0.163. The van der Waals surface area contributed by atoms with Gasteiger partial charge in [0.15, 0.2) is 0 Å². The Hall–Kier alpha value is -3.59. The van der Waals surface area contributed by atoms with Crippen LogP contribution in [-0.4, -0.2) is 9.97 Å². The van der Waals surface area contributed by atoms with Crippen LogP contribution in [0.2, 0.25) is 0 Å². The molecule has 0 saturated heterocycles. The molecule has 4 heteroatoms. The van der Waals surface area contributed by atoms with Crippen molar-refractivity contribution < 1.29 is 31.4 Å². The molecular weight excluding hydrogens is 657 g/mol. The van der Waals surface area contributed by atoms with Crippen LogP contribution in [-0.2, 0) is 20.1 Å². The van der Waals surface area contributed by atoms with Crippen molar-refractivity contribution in [1.29, 1.82) is 0 Å². The smallest absolute Gasteiger partial charge is 0.120 e. The van der Waals surface area contributed by atoms with Crippen LogP contribution < -0.4 is 0 Å². The van der Waals surface area contributed by atoms with Crippen molar-refractivity contribution >= 4 is 21.9 Å². The van der Waals surface area contributed by atoms with Gasteiger partial charge in [-0.15, -0.1) is 54.1 Å². The molecule has 3 heterocycles. The number of aryl methyl sites for hydroxylation is 1. The molecule has 0 aliphatic carbocycles. The van der Waals surface area contributed by atoms with Gasteiger partial charge in [-0.1, -0.05) is 80.1 Å². The number of fused-ring (bicyclic) bond motifs is 3. The van der Waals surface area contributed by atoms with E-state index in [1.165, 1.54) is 24.8 Å². The second kappa shape index (κ2) is 13.5. The predicted octanol–water partition coefficient (Wildman–Crippen LogP) is 9.60. The molecule has 0 bridgehead atoms. The first-order valence-corrected chi connectivity index (χ1v) is 12.9. The zero-order valence-electron chi connectivity index (χ0n) is 26.9. The van der Waals surface area contributed by atoms with E-state index in [1.54, 1.807) is 6.07 Å². The summed E-state index contributed by atoms with van der Waals surface area (Å²) in [4.78, 5) is 8.68. The van der Waals surface area contributed by atoms with Crippen LogP contribution in [0, 0.1) is 19.0 Å². The molecule has 1 unspecified atom stereocenters. The summed E-state index contributed by atoms with van der Waals surface area (Å²) in [6, 6.07) is 29.0. The van der Waals surface area contributed by atoms with Gasteiger partial charge < -0.3 is 14.4 Å². The third-order valence-corrected chi connectivity index (χ3v) is 6.54. The predicted molar refractivity (Wildman–Crippen MR) is 157 cm³/mol.